The highest BCUT2D eigenvalue weighted by molar-refractivity contribution is 5.93. The molecule has 0 aromatic heterocycles. The third-order valence-electron chi connectivity index (χ3n) is 9.66. The number of fused-ring (bicyclic) bond motifs is 2. The Kier molecular flexibility index (Phi) is 12.6. The summed E-state index contributed by atoms with van der Waals surface area (Å²) < 4.78 is 11.4. The number of halogens is 1. The van der Waals surface area contributed by atoms with Crippen LogP contribution in [0.1, 0.15) is 72.1 Å². The van der Waals surface area contributed by atoms with Gasteiger partial charge in [0.15, 0.2) is 0 Å². The summed E-state index contributed by atoms with van der Waals surface area (Å²) in [5.41, 5.74) is 11.5. The fourth-order valence-electron chi connectivity index (χ4n) is 7.42. The van der Waals surface area contributed by atoms with Gasteiger partial charge in [0, 0.05) is 50.4 Å². The summed E-state index contributed by atoms with van der Waals surface area (Å²) in [6.45, 7) is 8.87. The van der Waals surface area contributed by atoms with Crippen molar-refractivity contribution in [3.8, 4) is 11.5 Å². The maximum Gasteiger partial charge on any atom is 0.248 e. The minimum Gasteiger partial charge on any atom is -0.494 e. The van der Waals surface area contributed by atoms with Gasteiger partial charge in [0.1, 0.15) is 11.5 Å². The Bertz CT molecular complexity index is 1050. The van der Waals surface area contributed by atoms with Gasteiger partial charge in [-0.05, 0) is 111 Å². The maximum atomic E-state index is 11.0. The zero-order chi connectivity index (χ0) is 29.3. The van der Waals surface area contributed by atoms with Gasteiger partial charge in [-0.25, -0.2) is 0 Å². The second-order valence-corrected chi connectivity index (χ2v) is 12.6. The number of likely N-dealkylation sites (tertiary alicyclic amines) is 2. The van der Waals surface area contributed by atoms with Crippen LogP contribution in [0.5, 0.6) is 11.5 Å². The number of ether oxygens (including phenoxy) is 2. The predicted octanol–water partition coefficient (Wildman–Crippen LogP) is 4.99. The van der Waals surface area contributed by atoms with Crippen LogP contribution in [0.25, 0.3) is 0 Å². The van der Waals surface area contributed by atoms with E-state index in [0.717, 1.165) is 74.3 Å². The van der Waals surface area contributed by atoms with Gasteiger partial charge < -0.3 is 30.7 Å². The van der Waals surface area contributed by atoms with Crippen LogP contribution >= 0.6 is 12.4 Å². The van der Waals surface area contributed by atoms with E-state index in [0.29, 0.717) is 11.1 Å². The molecule has 4 fully saturated rings. The molecule has 0 spiro atoms. The summed E-state index contributed by atoms with van der Waals surface area (Å²) in [5.74, 6) is 4.66. The zero-order valence-corrected chi connectivity index (χ0v) is 26.1. The molecule has 2 aromatic rings. The van der Waals surface area contributed by atoms with Crippen LogP contribution in [0.2, 0.25) is 0 Å². The number of nitrogens with two attached hydrogens (primary N) is 2. The smallest absolute Gasteiger partial charge is 0.248 e. The van der Waals surface area contributed by atoms with Gasteiger partial charge in [0.25, 0.3) is 0 Å². The van der Waals surface area contributed by atoms with Crippen LogP contribution in [-0.4, -0.2) is 74.1 Å². The SMILES string of the molecule is Cl.NC(=O)c1ccc(OCCCN2C[C@H]3CCC[C@H]3C2)cc1.NC(=O)c1ccc(OCCCN2C[C@H]3CCC[C@H]3C2)cc1. The van der Waals surface area contributed by atoms with Gasteiger partial charge in [-0.15, -0.1) is 12.4 Å². The summed E-state index contributed by atoms with van der Waals surface area (Å²) in [6.07, 6.45) is 10.7. The first kappa shape index (κ1) is 33.1. The van der Waals surface area contributed by atoms with Crippen molar-refractivity contribution >= 4 is 24.2 Å². The lowest BCUT2D eigenvalue weighted by molar-refractivity contribution is 0.0991. The zero-order valence-electron chi connectivity index (χ0n) is 25.3. The Labute approximate surface area is 262 Å². The molecule has 0 bridgehead atoms. The molecule has 0 unspecified atom stereocenters. The second-order valence-electron chi connectivity index (χ2n) is 12.6. The van der Waals surface area contributed by atoms with E-state index in [-0.39, 0.29) is 12.4 Å². The van der Waals surface area contributed by atoms with E-state index in [1.165, 1.54) is 64.7 Å². The molecule has 2 saturated heterocycles. The molecule has 0 radical (unpaired) electrons. The average molecular weight is 613 g/mol. The Hall–Kier alpha value is -2.81. The molecule has 2 aliphatic carbocycles. The molecular weight excluding hydrogens is 564 g/mol. The molecule has 2 amide bonds. The summed E-state index contributed by atoms with van der Waals surface area (Å²) in [7, 11) is 0. The third kappa shape index (κ3) is 9.59. The van der Waals surface area contributed by atoms with Crippen molar-refractivity contribution in [1.82, 2.24) is 9.80 Å². The van der Waals surface area contributed by atoms with Crippen LogP contribution in [0.3, 0.4) is 0 Å². The van der Waals surface area contributed by atoms with Gasteiger partial charge in [0.05, 0.1) is 13.2 Å². The maximum absolute atomic E-state index is 11.0. The normalized spacial score (nSPS) is 24.4. The molecule has 4 atom stereocenters. The van der Waals surface area contributed by atoms with Crippen LogP contribution in [0.4, 0.5) is 0 Å². The second kappa shape index (κ2) is 16.3. The molecular formula is C34H49ClN4O4. The highest BCUT2D eigenvalue weighted by Gasteiger charge is 2.36. The van der Waals surface area contributed by atoms with Crippen LogP contribution in [-0.2, 0) is 0 Å². The van der Waals surface area contributed by atoms with Gasteiger partial charge in [-0.3, -0.25) is 9.59 Å². The largest absolute Gasteiger partial charge is 0.494 e. The van der Waals surface area contributed by atoms with Crippen molar-refractivity contribution in [2.75, 3.05) is 52.5 Å². The van der Waals surface area contributed by atoms with E-state index in [1.807, 2.05) is 0 Å². The number of carbonyl (C=O) groups is 2. The number of carbonyl (C=O) groups excluding carboxylic acids is 2. The van der Waals surface area contributed by atoms with E-state index in [9.17, 15) is 9.59 Å². The molecule has 4 aliphatic rings. The average Bonchev–Trinajstić information content (AvgIpc) is 3.77. The Morgan fingerprint density at radius 3 is 1.23 bits per heavy atom. The van der Waals surface area contributed by atoms with Gasteiger partial charge in [-0.2, -0.15) is 0 Å². The van der Waals surface area contributed by atoms with Gasteiger partial charge in [0.2, 0.25) is 11.8 Å². The minimum absolute atomic E-state index is 0. The lowest BCUT2D eigenvalue weighted by Crippen LogP contribution is -2.24. The minimum atomic E-state index is -0.402. The summed E-state index contributed by atoms with van der Waals surface area (Å²) in [6, 6.07) is 14.1. The Morgan fingerprint density at radius 1 is 0.605 bits per heavy atom. The van der Waals surface area contributed by atoms with Crippen molar-refractivity contribution in [2.24, 2.45) is 35.1 Å². The summed E-state index contributed by atoms with van der Waals surface area (Å²) in [4.78, 5) is 27.1. The van der Waals surface area contributed by atoms with E-state index in [2.05, 4.69) is 9.80 Å². The highest BCUT2D eigenvalue weighted by atomic mass is 35.5. The molecule has 6 rings (SSSR count). The topological polar surface area (TPSA) is 111 Å². The van der Waals surface area contributed by atoms with Crippen molar-refractivity contribution < 1.29 is 19.1 Å². The van der Waals surface area contributed by atoms with E-state index in [4.69, 9.17) is 20.9 Å². The number of rotatable bonds is 12. The van der Waals surface area contributed by atoms with Crippen molar-refractivity contribution in [2.45, 2.75) is 51.4 Å². The van der Waals surface area contributed by atoms with Crippen molar-refractivity contribution in [3.05, 3.63) is 59.7 Å². The van der Waals surface area contributed by atoms with E-state index < -0.39 is 11.8 Å². The third-order valence-corrected chi connectivity index (χ3v) is 9.66. The number of benzene rings is 2. The summed E-state index contributed by atoms with van der Waals surface area (Å²) >= 11 is 0. The predicted molar refractivity (Wildman–Crippen MR) is 172 cm³/mol. The van der Waals surface area contributed by atoms with Crippen molar-refractivity contribution in [1.29, 1.82) is 0 Å². The number of amides is 2. The highest BCUT2D eigenvalue weighted by Crippen LogP contribution is 2.38. The van der Waals surface area contributed by atoms with Gasteiger partial charge in [-0.1, -0.05) is 12.8 Å². The standard InChI is InChI=1S/2C17H24N2O2.ClH/c2*18-17(20)13-5-7-16(8-6-13)21-10-2-9-19-11-14-3-1-4-15(14)12-19;/h2*5-8,14-15H,1-4,9-12H2,(H2,18,20);1H/t2*14-,15+;. The fraction of sp³-hybridized carbons (Fsp3) is 0.588. The number of hydrogen-bond acceptors (Lipinski definition) is 6. The molecule has 236 valence electrons. The van der Waals surface area contributed by atoms with Gasteiger partial charge >= 0.3 is 0 Å². The van der Waals surface area contributed by atoms with Crippen molar-refractivity contribution in [3.63, 3.8) is 0 Å². The molecule has 2 aromatic carbocycles. The van der Waals surface area contributed by atoms with E-state index >= 15 is 0 Å². The van der Waals surface area contributed by atoms with Crippen LogP contribution < -0.4 is 20.9 Å². The first-order valence-electron chi connectivity index (χ1n) is 15.9. The van der Waals surface area contributed by atoms with E-state index in [1.54, 1.807) is 48.5 Å². The quantitative estimate of drug-likeness (QED) is 0.327. The van der Waals surface area contributed by atoms with Crippen LogP contribution in [0, 0.1) is 23.7 Å². The molecule has 4 N–H and O–H groups in total. The molecule has 9 heteroatoms. The number of nitrogens with zero attached hydrogens (tertiary/aromatic N) is 2. The lowest BCUT2D eigenvalue weighted by atomic mass is 10.0. The number of primary amides is 2. The van der Waals surface area contributed by atoms with Crippen LogP contribution in [0.15, 0.2) is 48.5 Å². The Morgan fingerprint density at radius 2 is 0.930 bits per heavy atom. The first-order chi connectivity index (χ1) is 20.4. The lowest BCUT2D eigenvalue weighted by Gasteiger charge is -2.16. The molecule has 43 heavy (non-hydrogen) atoms. The molecule has 8 nitrogen and oxygen atoms in total. The fourth-order valence-corrected chi connectivity index (χ4v) is 7.42. The summed E-state index contributed by atoms with van der Waals surface area (Å²) in [5, 5.41) is 0. The molecule has 2 heterocycles. The first-order valence-corrected chi connectivity index (χ1v) is 15.9. The Balaban J connectivity index is 0.000000192. The molecule has 2 saturated carbocycles. The molecule has 2 aliphatic heterocycles. The monoisotopic (exact) mass is 612 g/mol. The number of hydrogen-bond donors (Lipinski definition) is 2.